The summed E-state index contributed by atoms with van der Waals surface area (Å²) in [4.78, 5) is 37.1. The van der Waals surface area contributed by atoms with E-state index in [1.165, 1.54) is 33.5 Å². The van der Waals surface area contributed by atoms with Gasteiger partial charge in [-0.1, -0.05) is 18.2 Å². The fourth-order valence-corrected chi connectivity index (χ4v) is 5.07. The predicted molar refractivity (Wildman–Crippen MR) is 155 cm³/mol. The molecule has 0 unspecified atom stereocenters. The third-order valence-electron chi connectivity index (χ3n) is 6.54. The molecule has 0 radical (unpaired) electrons. The van der Waals surface area contributed by atoms with Crippen molar-refractivity contribution in [1.82, 2.24) is 5.32 Å². The van der Waals surface area contributed by atoms with Crippen LogP contribution in [0, 0.1) is 0 Å². The van der Waals surface area contributed by atoms with E-state index in [2.05, 4.69) is 16.0 Å². The number of carbonyl (C=O) groups is 2. The van der Waals surface area contributed by atoms with Crippen LogP contribution in [-0.4, -0.2) is 80.1 Å². The minimum atomic E-state index is -1.11. The van der Waals surface area contributed by atoms with E-state index in [0.29, 0.717) is 46.8 Å². The van der Waals surface area contributed by atoms with Crippen molar-refractivity contribution in [3.63, 3.8) is 0 Å². The number of nitrogens with one attached hydrogen (secondary N) is 1. The first-order valence-corrected chi connectivity index (χ1v) is 14.5. The molecule has 0 saturated heterocycles. The molecule has 227 valence electrons. The third kappa shape index (κ3) is 8.45. The van der Waals surface area contributed by atoms with Gasteiger partial charge in [0.2, 0.25) is 17.1 Å². The molecule has 0 spiro atoms. The number of hydrogen-bond donors (Lipinski definition) is 3. The Morgan fingerprint density at radius 1 is 1.02 bits per heavy atom. The summed E-state index contributed by atoms with van der Waals surface area (Å²) < 4.78 is 25.0. The number of methoxy groups -OCH3 is 3. The fraction of sp³-hybridized carbons (Fsp3) is 0.444. The number of ether oxygens (including phenoxy) is 3. The Balaban J connectivity index is 0.00000301. The second-order valence-corrected chi connectivity index (χ2v) is 9.56. The number of carboxylic acid groups (broad SMARTS) is 1. The van der Waals surface area contributed by atoms with E-state index in [-0.39, 0.29) is 24.6 Å². The van der Waals surface area contributed by atoms with Crippen molar-refractivity contribution >= 4 is 37.1 Å². The Labute approximate surface area is 265 Å². The standard InChI is InChI=1S/C27H33N3O8S2.O.Tc/c1-36-22-10-14-4-6-17(30-26(33)18(12-39)28-8-9-29-19(13-40)27(34)35)16-11-21(32)20(31)7-5-15(16)23(14)25(38-3)24(22)37-2;;/h5,7,10-11,17-19,39-40H,4,6,8-9,12-13H2,1-3H3,(H,30,33)(H,31,32)(H,34,35);;/q-2;;+4/p-2/t17-,18+,19+;;/m0../s1/i;;1+1. The summed E-state index contributed by atoms with van der Waals surface area (Å²) in [5.41, 5.74) is 1.94. The number of amides is 1. The van der Waals surface area contributed by atoms with Crippen LogP contribution in [0.15, 0.2) is 29.1 Å². The second-order valence-electron chi connectivity index (χ2n) is 8.89. The molecule has 1 amide bonds. The van der Waals surface area contributed by atoms with Crippen LogP contribution in [0.1, 0.15) is 23.6 Å². The van der Waals surface area contributed by atoms with Crippen LogP contribution in [-0.2, 0) is 63.6 Å². The molecule has 0 saturated carbocycles. The van der Waals surface area contributed by atoms with Gasteiger partial charge in [0.15, 0.2) is 17.2 Å². The maximum atomic E-state index is 13.3. The maximum absolute atomic E-state index is 13.3. The Kier molecular flexibility index (Phi) is 14.7. The number of aliphatic carboxylic acids is 1. The summed E-state index contributed by atoms with van der Waals surface area (Å²) in [6.45, 7) is 0.192. The summed E-state index contributed by atoms with van der Waals surface area (Å²) in [6, 6.07) is 3.53. The fourth-order valence-electron chi connectivity index (χ4n) is 4.56. The topological polar surface area (TPSA) is 177 Å². The van der Waals surface area contributed by atoms with Gasteiger partial charge in [0, 0.05) is 5.56 Å². The van der Waals surface area contributed by atoms with Crippen LogP contribution >= 0.6 is 0 Å². The van der Waals surface area contributed by atoms with Crippen LogP contribution in [0.25, 0.3) is 21.8 Å². The monoisotopic (exact) mass is 704 g/mol. The number of fused-ring (bicyclic) bond motifs is 3. The normalized spacial score (nSPS) is 15.0. The molecule has 1 aliphatic rings. The summed E-state index contributed by atoms with van der Waals surface area (Å²) >= 11 is 10.9. The van der Waals surface area contributed by atoms with Gasteiger partial charge >= 0.3 is 22.4 Å². The Bertz CT molecular complexity index is 1320. The number of aromatic hydroxyl groups is 1. The zero-order valence-corrected chi connectivity index (χ0v) is 26.6. The zero-order valence-electron chi connectivity index (χ0n) is 23.1. The number of aryl methyl sites for hydroxylation is 1. The quantitative estimate of drug-likeness (QED) is 0.206. The van der Waals surface area contributed by atoms with Crippen molar-refractivity contribution in [2.24, 2.45) is 0 Å². The van der Waals surface area contributed by atoms with Crippen molar-refractivity contribution < 1.29 is 56.4 Å². The predicted octanol–water partition coefficient (Wildman–Crippen LogP) is 2.09. The van der Waals surface area contributed by atoms with E-state index >= 15 is 0 Å². The second kappa shape index (κ2) is 17.4. The van der Waals surface area contributed by atoms with Crippen LogP contribution in [0.5, 0.6) is 23.0 Å². The molecule has 3 atom stereocenters. The van der Waals surface area contributed by atoms with E-state index in [9.17, 15) is 19.5 Å². The molecule has 0 aromatic heterocycles. The van der Waals surface area contributed by atoms with E-state index in [1.807, 2.05) is 6.07 Å². The molecule has 1 aliphatic carbocycles. The van der Waals surface area contributed by atoms with Crippen molar-refractivity contribution in [2.75, 3.05) is 45.9 Å². The van der Waals surface area contributed by atoms with E-state index in [1.54, 1.807) is 6.07 Å². The Morgan fingerprint density at radius 2 is 1.64 bits per heavy atom. The number of nitrogens with zero attached hydrogens (tertiary/aromatic N) is 2. The number of benzene rings is 1. The van der Waals surface area contributed by atoms with Crippen molar-refractivity contribution in [1.29, 1.82) is 0 Å². The number of carbonyl (C=O) groups excluding carboxylic acids is 1. The van der Waals surface area contributed by atoms with Gasteiger partial charge in [0.05, 0.1) is 27.4 Å². The summed E-state index contributed by atoms with van der Waals surface area (Å²) in [5.74, 6) is -0.832. The van der Waals surface area contributed by atoms with Gasteiger partial charge in [-0.25, -0.2) is 0 Å². The molecular formula is C27H31N3O9S2Tc. The SMILES string of the molecule is COc1cc2c(c(OC)c1OC)-c1ccc(O)c(=O)cc1[C@@H](NC(=O)[C@@H](C[S-])[N-]CC[N-][C@H](C[S-])C(=O)O)CC2.[O]=[99Tc+4]. The summed E-state index contributed by atoms with van der Waals surface area (Å²) in [6.07, 6.45) is 0.898. The zero-order chi connectivity index (χ0) is 31.4. The van der Waals surface area contributed by atoms with Gasteiger partial charge < -0.3 is 65.6 Å². The first-order chi connectivity index (χ1) is 20.2. The van der Waals surface area contributed by atoms with Gasteiger partial charge in [0.1, 0.15) is 0 Å². The van der Waals surface area contributed by atoms with Crippen LogP contribution in [0.3, 0.4) is 0 Å². The molecule has 12 nitrogen and oxygen atoms in total. The average Bonchev–Trinajstić information content (AvgIpc) is 3.23. The van der Waals surface area contributed by atoms with E-state index < -0.39 is 41.2 Å². The van der Waals surface area contributed by atoms with Gasteiger partial charge in [-0.05, 0) is 47.7 Å². The van der Waals surface area contributed by atoms with Gasteiger partial charge in [-0.2, -0.15) is 24.6 Å². The van der Waals surface area contributed by atoms with E-state index in [0.717, 1.165) is 24.4 Å². The minimum absolute atomic E-state index is 0.00653. The molecule has 0 heterocycles. The molecule has 0 aliphatic heterocycles. The average molecular weight is 705 g/mol. The number of carboxylic acids is 1. The van der Waals surface area contributed by atoms with Gasteiger partial charge in [-0.3, -0.25) is 14.4 Å². The third-order valence-corrected chi connectivity index (χ3v) is 7.17. The number of hydrogen-bond acceptors (Lipinski definition) is 10. The first kappa shape index (κ1) is 35.5. The van der Waals surface area contributed by atoms with E-state index in [4.69, 9.17) is 48.1 Å². The van der Waals surface area contributed by atoms with Gasteiger partial charge in [0.25, 0.3) is 5.97 Å². The molecule has 0 bridgehead atoms. The Morgan fingerprint density at radius 3 is 2.19 bits per heavy atom. The molecule has 15 heteroatoms. The molecule has 3 rings (SSSR count). The molecule has 2 aromatic carbocycles. The van der Waals surface area contributed by atoms with Crippen molar-refractivity contribution in [3.05, 3.63) is 56.2 Å². The summed E-state index contributed by atoms with van der Waals surface area (Å²) in [7, 11) is 4.50. The van der Waals surface area contributed by atoms with Crippen molar-refractivity contribution in [2.45, 2.75) is 31.0 Å². The molecule has 0 fully saturated rings. The molecular weight excluding hydrogens is 673 g/mol. The molecule has 2 aromatic rings. The number of rotatable bonds is 13. The molecule has 3 N–H and O–H groups in total. The van der Waals surface area contributed by atoms with Gasteiger partial charge in [-0.15, -0.1) is 0 Å². The Hall–Kier alpha value is -2.68. The van der Waals surface area contributed by atoms with Crippen LogP contribution < -0.4 is 25.0 Å². The van der Waals surface area contributed by atoms with Crippen molar-refractivity contribution in [3.8, 4) is 34.1 Å². The first-order valence-electron chi connectivity index (χ1n) is 12.6. The molecule has 42 heavy (non-hydrogen) atoms. The van der Waals surface area contributed by atoms with Crippen LogP contribution in [0.2, 0.25) is 0 Å². The van der Waals surface area contributed by atoms with Crippen LogP contribution in [0.4, 0.5) is 0 Å². The summed E-state index contributed by atoms with van der Waals surface area (Å²) in [5, 5.41) is 30.6.